The Hall–Kier alpha value is -7.48. The minimum Gasteiger partial charge on any atom is -0.455 e. The highest BCUT2D eigenvalue weighted by Crippen LogP contribution is 2.67. The van der Waals surface area contributed by atoms with Crippen LogP contribution in [0, 0.1) is 0 Å². The molecule has 0 unspecified atom stereocenters. The van der Waals surface area contributed by atoms with Gasteiger partial charge in [0.25, 0.3) is 0 Å². The Kier molecular flexibility index (Phi) is 7.58. The first-order valence-electron chi connectivity index (χ1n) is 24.0. The predicted octanol–water partition coefficient (Wildman–Crippen LogP) is 17.1. The van der Waals surface area contributed by atoms with Gasteiger partial charge in [-0.05, 0) is 117 Å². The first-order chi connectivity index (χ1) is 32.5. The first-order valence-corrected chi connectivity index (χ1v) is 24.0. The van der Waals surface area contributed by atoms with Crippen molar-refractivity contribution in [2.45, 2.75) is 63.2 Å². The Morgan fingerprint density at radius 2 is 0.761 bits per heavy atom. The van der Waals surface area contributed by atoms with Gasteiger partial charge in [0.2, 0.25) is 0 Å². The van der Waals surface area contributed by atoms with Crippen molar-refractivity contribution >= 4 is 21.5 Å². The Morgan fingerprint density at radius 1 is 0.299 bits per heavy atom. The Balaban J connectivity index is 1.12. The monoisotopic (exact) mass is 858 g/mol. The summed E-state index contributed by atoms with van der Waals surface area (Å²) in [6.45, 7) is 14.1. The predicted molar refractivity (Wildman–Crippen MR) is 278 cm³/mol. The second-order valence-electron chi connectivity index (χ2n) is 21.5. The summed E-state index contributed by atoms with van der Waals surface area (Å²) >= 11 is 0. The highest BCUT2D eigenvalue weighted by molar-refractivity contribution is 6.09. The van der Waals surface area contributed by atoms with Crippen molar-refractivity contribution in [1.29, 1.82) is 0 Å². The maximum atomic E-state index is 7.49. The van der Waals surface area contributed by atoms with Gasteiger partial charge in [-0.1, -0.05) is 230 Å². The van der Waals surface area contributed by atoms with E-state index in [0.717, 1.165) is 22.3 Å². The van der Waals surface area contributed by atoms with Gasteiger partial charge in [-0.15, -0.1) is 0 Å². The van der Waals surface area contributed by atoms with Gasteiger partial charge in [0.1, 0.15) is 11.5 Å². The van der Waals surface area contributed by atoms with Gasteiger partial charge in [-0.2, -0.15) is 0 Å². The van der Waals surface area contributed by atoms with Crippen LogP contribution in [0.1, 0.15) is 97.2 Å². The average molecular weight is 859 g/mol. The molecule has 1 heteroatoms. The van der Waals surface area contributed by atoms with Gasteiger partial charge in [0.05, 0.1) is 10.8 Å². The quantitative estimate of drug-likeness (QED) is 0.160. The van der Waals surface area contributed by atoms with Crippen LogP contribution in [0.4, 0.5) is 0 Å². The Labute approximate surface area is 393 Å². The van der Waals surface area contributed by atoms with E-state index in [0.29, 0.717) is 0 Å². The van der Waals surface area contributed by atoms with E-state index < -0.39 is 10.8 Å². The van der Waals surface area contributed by atoms with Crippen molar-refractivity contribution < 1.29 is 4.74 Å². The summed E-state index contributed by atoms with van der Waals surface area (Å²) in [7, 11) is 0. The molecular formula is C66H50O. The number of hydrogen-bond acceptors (Lipinski definition) is 1. The number of rotatable bonds is 1. The fourth-order valence-electron chi connectivity index (χ4n) is 13.1. The van der Waals surface area contributed by atoms with Crippen LogP contribution in [0.15, 0.2) is 194 Å². The third-order valence-corrected chi connectivity index (χ3v) is 16.1. The molecule has 0 amide bonds. The van der Waals surface area contributed by atoms with Crippen molar-refractivity contribution in [3.8, 4) is 56.0 Å². The van der Waals surface area contributed by atoms with Crippen LogP contribution in [0.25, 0.3) is 66.1 Å². The molecule has 0 bridgehead atoms. The number of hydrogen-bond donors (Lipinski definition) is 0. The molecule has 1 aliphatic heterocycles. The molecule has 0 N–H and O–H groups in total. The van der Waals surface area contributed by atoms with Crippen LogP contribution in [-0.2, 0) is 21.7 Å². The fraction of sp³-hybridized carbons (Fsp3) is 0.152. The molecule has 0 saturated heterocycles. The molecule has 67 heavy (non-hydrogen) atoms. The number of benzene rings is 10. The normalized spacial score (nSPS) is 15.1. The fourth-order valence-corrected chi connectivity index (χ4v) is 13.1. The third-order valence-electron chi connectivity index (χ3n) is 16.1. The van der Waals surface area contributed by atoms with E-state index in [4.69, 9.17) is 4.74 Å². The Morgan fingerprint density at radius 3 is 1.39 bits per heavy atom. The summed E-state index contributed by atoms with van der Waals surface area (Å²) in [6.07, 6.45) is 0. The number of ether oxygens (including phenoxy) is 1. The van der Waals surface area contributed by atoms with E-state index >= 15 is 0 Å². The highest BCUT2D eigenvalue weighted by atomic mass is 16.5. The second kappa shape index (κ2) is 13.1. The standard InChI is InChI=1S/C66H50O/c1-63(2,3)40-31-33-46-47-34-32-41(64(4,5)6)37-58(47)66(57(46)36-40)54-28-16-13-24-50(54)60-48(25-17-29-55(60)66)51-38-59-62(49-23-10-9-20-43(49)51)67-61-42-19-8-7-18-39(42)30-35-56(61)65(59)52-26-14-11-21-44(52)45-22-12-15-27-53(45)65/h7-38H,1-6H3. The summed E-state index contributed by atoms with van der Waals surface area (Å²) in [6, 6.07) is 74.2. The maximum absolute atomic E-state index is 7.49. The summed E-state index contributed by atoms with van der Waals surface area (Å²) in [4.78, 5) is 0. The second-order valence-corrected chi connectivity index (χ2v) is 21.5. The first kappa shape index (κ1) is 38.8. The van der Waals surface area contributed by atoms with Gasteiger partial charge in [-0.25, -0.2) is 0 Å². The zero-order valence-electron chi connectivity index (χ0n) is 38.9. The van der Waals surface area contributed by atoms with Crippen LogP contribution in [-0.4, -0.2) is 0 Å². The van der Waals surface area contributed by atoms with Crippen LogP contribution in [0.2, 0.25) is 0 Å². The molecule has 320 valence electrons. The van der Waals surface area contributed by atoms with Gasteiger partial charge in [-0.3, -0.25) is 0 Å². The zero-order valence-corrected chi connectivity index (χ0v) is 38.9. The molecule has 10 aromatic rings. The molecule has 0 radical (unpaired) electrons. The van der Waals surface area contributed by atoms with Gasteiger partial charge >= 0.3 is 0 Å². The summed E-state index contributed by atoms with van der Waals surface area (Å²) < 4.78 is 7.49. The van der Waals surface area contributed by atoms with Crippen LogP contribution in [0.5, 0.6) is 11.5 Å². The molecular weight excluding hydrogens is 809 g/mol. The molecule has 14 rings (SSSR count). The van der Waals surface area contributed by atoms with Gasteiger partial charge < -0.3 is 4.74 Å². The molecule has 0 saturated carbocycles. The average Bonchev–Trinajstić information content (AvgIpc) is 3.93. The van der Waals surface area contributed by atoms with Crippen LogP contribution in [0.3, 0.4) is 0 Å². The van der Waals surface area contributed by atoms with E-state index in [-0.39, 0.29) is 10.8 Å². The lowest BCUT2D eigenvalue weighted by Crippen LogP contribution is -2.32. The minimum absolute atomic E-state index is 0.0210. The lowest BCUT2D eigenvalue weighted by atomic mass is 9.64. The topological polar surface area (TPSA) is 9.23 Å². The Bertz CT molecular complexity index is 3700. The van der Waals surface area contributed by atoms with Crippen LogP contribution >= 0.6 is 0 Å². The smallest absolute Gasteiger partial charge is 0.140 e. The largest absolute Gasteiger partial charge is 0.455 e. The van der Waals surface area contributed by atoms with E-state index in [1.54, 1.807) is 0 Å². The van der Waals surface area contributed by atoms with Gasteiger partial charge in [0.15, 0.2) is 0 Å². The van der Waals surface area contributed by atoms with Crippen molar-refractivity contribution in [2.24, 2.45) is 0 Å². The lowest BCUT2D eigenvalue weighted by Gasteiger charge is -2.40. The third kappa shape index (κ3) is 4.84. The molecule has 3 aliphatic carbocycles. The summed E-state index contributed by atoms with van der Waals surface area (Å²) in [5.74, 6) is 1.87. The molecule has 0 fully saturated rings. The molecule has 0 atom stereocenters. The van der Waals surface area contributed by atoms with Crippen molar-refractivity contribution in [3.63, 3.8) is 0 Å². The maximum Gasteiger partial charge on any atom is 0.140 e. The van der Waals surface area contributed by atoms with Crippen molar-refractivity contribution in [3.05, 3.63) is 250 Å². The molecule has 10 aromatic carbocycles. The van der Waals surface area contributed by atoms with Crippen molar-refractivity contribution in [2.75, 3.05) is 0 Å². The van der Waals surface area contributed by atoms with E-state index in [1.807, 2.05) is 0 Å². The van der Waals surface area contributed by atoms with Gasteiger partial charge in [0, 0.05) is 21.9 Å². The summed E-state index contributed by atoms with van der Waals surface area (Å²) in [5.41, 5.74) is 22.3. The van der Waals surface area contributed by atoms with E-state index in [2.05, 4.69) is 236 Å². The molecule has 1 heterocycles. The molecule has 2 spiro atoms. The minimum atomic E-state index is -0.633. The SMILES string of the molecule is CC(C)(C)c1ccc2c(c1)C1(c3cc(C(C)(C)C)ccc3-2)c2ccccc2-c2c(-c3cc4c(c5ccccc35)Oc3c(ccc5ccccc35)C43c4ccccc4-c4ccccc43)cccc21. The summed E-state index contributed by atoms with van der Waals surface area (Å²) in [5, 5.41) is 4.61. The van der Waals surface area contributed by atoms with Crippen LogP contribution < -0.4 is 4.74 Å². The molecule has 4 aliphatic rings. The van der Waals surface area contributed by atoms with Crippen molar-refractivity contribution in [1.82, 2.24) is 0 Å². The van der Waals surface area contributed by atoms with E-state index in [9.17, 15) is 0 Å². The zero-order chi connectivity index (χ0) is 45.2. The number of fused-ring (bicyclic) bond motifs is 23. The lowest BCUT2D eigenvalue weighted by molar-refractivity contribution is 0.447. The highest BCUT2D eigenvalue weighted by Gasteiger charge is 2.54. The molecule has 0 aromatic heterocycles. The van der Waals surface area contributed by atoms with E-state index in [1.165, 1.54) is 111 Å². The molecule has 1 nitrogen and oxygen atoms in total.